The summed E-state index contributed by atoms with van der Waals surface area (Å²) in [5.74, 6) is 0.656. The van der Waals surface area contributed by atoms with Crippen LogP contribution in [0.1, 0.15) is 32.6 Å². The predicted molar refractivity (Wildman–Crippen MR) is 48.9 cm³/mol. The van der Waals surface area contributed by atoms with Crippen LogP contribution in [0.25, 0.3) is 0 Å². The van der Waals surface area contributed by atoms with E-state index in [2.05, 4.69) is 6.92 Å². The molecular formula is C8H18ClNO. The van der Waals surface area contributed by atoms with Crippen LogP contribution >= 0.6 is 12.4 Å². The number of nitrogens with two attached hydrogens (primary N) is 1. The molecule has 1 rings (SSSR count). The first-order valence-corrected chi connectivity index (χ1v) is 4.14. The first-order chi connectivity index (χ1) is 4.70. The first kappa shape index (κ1) is 11.2. The van der Waals surface area contributed by atoms with Crippen molar-refractivity contribution in [2.24, 2.45) is 11.7 Å². The maximum atomic E-state index is 9.17. The average Bonchev–Trinajstić information content (AvgIpc) is 1.88. The van der Waals surface area contributed by atoms with Gasteiger partial charge in [0.15, 0.2) is 0 Å². The van der Waals surface area contributed by atoms with Crippen LogP contribution in [-0.4, -0.2) is 17.3 Å². The monoisotopic (exact) mass is 179 g/mol. The molecule has 0 aromatic carbocycles. The Labute approximate surface area is 74.6 Å². The minimum absolute atomic E-state index is 0. The molecule has 0 aromatic rings. The van der Waals surface area contributed by atoms with Gasteiger partial charge in [-0.3, -0.25) is 0 Å². The second kappa shape index (κ2) is 4.96. The summed E-state index contributed by atoms with van der Waals surface area (Å²) >= 11 is 0. The Morgan fingerprint density at radius 2 is 1.73 bits per heavy atom. The van der Waals surface area contributed by atoms with E-state index in [9.17, 15) is 0 Å². The molecule has 0 bridgehead atoms. The van der Waals surface area contributed by atoms with Crippen LogP contribution < -0.4 is 5.73 Å². The summed E-state index contributed by atoms with van der Waals surface area (Å²) < 4.78 is 0. The quantitative estimate of drug-likeness (QED) is 0.638. The van der Waals surface area contributed by atoms with Crippen molar-refractivity contribution >= 4 is 12.4 Å². The fourth-order valence-electron chi connectivity index (χ4n) is 1.63. The topological polar surface area (TPSA) is 46.2 Å². The summed E-state index contributed by atoms with van der Waals surface area (Å²) in [7, 11) is 0. The van der Waals surface area contributed by atoms with Gasteiger partial charge in [0.2, 0.25) is 0 Å². The summed E-state index contributed by atoms with van der Waals surface area (Å²) in [6.45, 7) is 2.06. The minimum Gasteiger partial charge on any atom is -0.393 e. The molecule has 0 aromatic heterocycles. The van der Waals surface area contributed by atoms with E-state index in [-0.39, 0.29) is 18.5 Å². The van der Waals surface area contributed by atoms with E-state index in [0.29, 0.717) is 12.0 Å². The lowest BCUT2D eigenvalue weighted by Gasteiger charge is -2.27. The average molecular weight is 180 g/mol. The molecule has 3 N–H and O–H groups in total. The number of hydrogen-bond donors (Lipinski definition) is 2. The summed E-state index contributed by atoms with van der Waals surface area (Å²) in [6, 6.07) is 0.312. The lowest BCUT2D eigenvalue weighted by Crippen LogP contribution is -2.31. The first-order valence-electron chi connectivity index (χ1n) is 4.14. The molecule has 1 fully saturated rings. The molecule has 0 saturated heterocycles. The van der Waals surface area contributed by atoms with Crippen molar-refractivity contribution in [1.29, 1.82) is 0 Å². The second-order valence-electron chi connectivity index (χ2n) is 3.43. The normalized spacial score (nSPS) is 34.1. The zero-order valence-corrected chi connectivity index (χ0v) is 7.81. The molecular weight excluding hydrogens is 162 g/mol. The lowest BCUT2D eigenvalue weighted by molar-refractivity contribution is 0.103. The van der Waals surface area contributed by atoms with Crippen LogP contribution in [0.5, 0.6) is 0 Å². The minimum atomic E-state index is -0.0463. The maximum Gasteiger partial charge on any atom is 0.0540 e. The van der Waals surface area contributed by atoms with Crippen LogP contribution in [0.15, 0.2) is 0 Å². The SMILES string of the molecule is C[C@@H](N)C1CCC(O)CC1.Cl. The molecule has 1 aliphatic carbocycles. The van der Waals surface area contributed by atoms with Gasteiger partial charge in [-0.1, -0.05) is 0 Å². The van der Waals surface area contributed by atoms with Crippen LogP contribution in [0.2, 0.25) is 0 Å². The molecule has 0 aliphatic heterocycles. The van der Waals surface area contributed by atoms with Crippen molar-refractivity contribution in [3.05, 3.63) is 0 Å². The van der Waals surface area contributed by atoms with Gasteiger partial charge < -0.3 is 10.8 Å². The highest BCUT2D eigenvalue weighted by atomic mass is 35.5. The largest absolute Gasteiger partial charge is 0.393 e. The number of halogens is 1. The van der Waals surface area contributed by atoms with Gasteiger partial charge in [-0.2, -0.15) is 0 Å². The molecule has 0 amide bonds. The molecule has 11 heavy (non-hydrogen) atoms. The number of rotatable bonds is 1. The summed E-state index contributed by atoms with van der Waals surface area (Å²) in [4.78, 5) is 0. The van der Waals surface area contributed by atoms with Gasteiger partial charge in [0, 0.05) is 6.04 Å². The Hall–Kier alpha value is 0.210. The van der Waals surface area contributed by atoms with Gasteiger partial charge in [0.25, 0.3) is 0 Å². The maximum absolute atomic E-state index is 9.17. The molecule has 68 valence electrons. The summed E-state index contributed by atoms with van der Waals surface area (Å²) in [5.41, 5.74) is 5.73. The van der Waals surface area contributed by atoms with Gasteiger partial charge >= 0.3 is 0 Å². The van der Waals surface area contributed by atoms with Crippen molar-refractivity contribution in [2.45, 2.75) is 44.8 Å². The van der Waals surface area contributed by atoms with E-state index < -0.39 is 0 Å². The molecule has 1 aliphatic rings. The Balaban J connectivity index is 0.000001000. The van der Waals surface area contributed by atoms with Crippen molar-refractivity contribution in [1.82, 2.24) is 0 Å². The predicted octanol–water partition coefficient (Wildman–Crippen LogP) is 1.31. The molecule has 2 nitrogen and oxygen atoms in total. The van der Waals surface area contributed by atoms with E-state index in [1.54, 1.807) is 0 Å². The van der Waals surface area contributed by atoms with Crippen molar-refractivity contribution in [3.8, 4) is 0 Å². The number of aliphatic hydroxyl groups is 1. The van der Waals surface area contributed by atoms with E-state index in [0.717, 1.165) is 25.7 Å². The van der Waals surface area contributed by atoms with Gasteiger partial charge in [-0.25, -0.2) is 0 Å². The zero-order chi connectivity index (χ0) is 7.56. The lowest BCUT2D eigenvalue weighted by atomic mass is 9.84. The highest BCUT2D eigenvalue weighted by Crippen LogP contribution is 2.25. The van der Waals surface area contributed by atoms with E-state index in [4.69, 9.17) is 10.8 Å². The number of aliphatic hydroxyl groups excluding tert-OH is 1. The summed E-state index contributed by atoms with van der Waals surface area (Å²) in [5, 5.41) is 9.17. The second-order valence-corrected chi connectivity index (χ2v) is 3.43. The number of hydrogen-bond acceptors (Lipinski definition) is 2. The van der Waals surface area contributed by atoms with Crippen LogP contribution in [-0.2, 0) is 0 Å². The third-order valence-electron chi connectivity index (χ3n) is 2.48. The van der Waals surface area contributed by atoms with Crippen LogP contribution in [0.3, 0.4) is 0 Å². The van der Waals surface area contributed by atoms with Gasteiger partial charge in [0.1, 0.15) is 0 Å². The van der Waals surface area contributed by atoms with E-state index in [1.165, 1.54) is 0 Å². The molecule has 1 atom stereocenters. The van der Waals surface area contributed by atoms with Gasteiger partial charge in [0.05, 0.1) is 6.10 Å². The third-order valence-corrected chi connectivity index (χ3v) is 2.48. The fraction of sp³-hybridized carbons (Fsp3) is 1.00. The molecule has 0 heterocycles. The molecule has 3 heteroatoms. The van der Waals surface area contributed by atoms with Crippen LogP contribution in [0.4, 0.5) is 0 Å². The Morgan fingerprint density at radius 1 is 1.27 bits per heavy atom. The van der Waals surface area contributed by atoms with E-state index >= 15 is 0 Å². The molecule has 0 unspecified atom stereocenters. The molecule has 0 spiro atoms. The van der Waals surface area contributed by atoms with Crippen molar-refractivity contribution in [2.75, 3.05) is 0 Å². The standard InChI is InChI=1S/C8H17NO.ClH/c1-6(9)7-2-4-8(10)5-3-7;/h6-8,10H,2-5,9H2,1H3;1H/t6-,7?,8?;/m1./s1. The Kier molecular flexibility index (Phi) is 5.06. The van der Waals surface area contributed by atoms with Crippen molar-refractivity contribution < 1.29 is 5.11 Å². The van der Waals surface area contributed by atoms with Crippen LogP contribution in [0, 0.1) is 5.92 Å². The highest BCUT2D eigenvalue weighted by Gasteiger charge is 2.21. The molecule has 0 radical (unpaired) electrons. The smallest absolute Gasteiger partial charge is 0.0540 e. The van der Waals surface area contributed by atoms with Gasteiger partial charge in [-0.15, -0.1) is 12.4 Å². The zero-order valence-electron chi connectivity index (χ0n) is 6.99. The van der Waals surface area contributed by atoms with Gasteiger partial charge in [-0.05, 0) is 38.5 Å². The fourth-order valence-corrected chi connectivity index (χ4v) is 1.63. The highest BCUT2D eigenvalue weighted by molar-refractivity contribution is 5.85. The Morgan fingerprint density at radius 3 is 2.09 bits per heavy atom. The summed E-state index contributed by atoms with van der Waals surface area (Å²) in [6.07, 6.45) is 4.07. The Bertz CT molecular complexity index is 100. The van der Waals surface area contributed by atoms with Crippen molar-refractivity contribution in [3.63, 3.8) is 0 Å². The van der Waals surface area contributed by atoms with E-state index in [1.807, 2.05) is 0 Å². The molecule has 1 saturated carbocycles. The third kappa shape index (κ3) is 3.41.